The van der Waals surface area contributed by atoms with Crippen LogP contribution in [0.3, 0.4) is 0 Å². The Morgan fingerprint density at radius 3 is 2.76 bits per heavy atom. The maximum absolute atomic E-state index is 10.9. The molecule has 0 saturated heterocycles. The van der Waals surface area contributed by atoms with Gasteiger partial charge in [-0.25, -0.2) is 0 Å². The van der Waals surface area contributed by atoms with Gasteiger partial charge in [0.1, 0.15) is 5.75 Å². The second-order valence-corrected chi connectivity index (χ2v) is 7.44. The molecule has 1 aliphatic rings. The quantitative estimate of drug-likeness (QED) is 0.799. The van der Waals surface area contributed by atoms with E-state index >= 15 is 0 Å². The molecule has 0 bridgehead atoms. The molecule has 0 fully saturated rings. The first-order valence-corrected chi connectivity index (χ1v) is 8.47. The molecule has 110 valence electrons. The highest BCUT2D eigenvalue weighted by molar-refractivity contribution is 9.10. The van der Waals surface area contributed by atoms with Crippen molar-refractivity contribution >= 4 is 31.9 Å². The first-order valence-electron chi connectivity index (χ1n) is 6.88. The molecule has 1 heterocycles. The van der Waals surface area contributed by atoms with Crippen LogP contribution in [0, 0.1) is 0 Å². The van der Waals surface area contributed by atoms with Crippen LogP contribution in [-0.4, -0.2) is 11.7 Å². The van der Waals surface area contributed by atoms with Gasteiger partial charge in [0.05, 0.1) is 12.2 Å². The number of hydrogen-bond acceptors (Lipinski definition) is 2. The number of halogens is 2. The summed E-state index contributed by atoms with van der Waals surface area (Å²) in [5.74, 6) is 0.938. The van der Waals surface area contributed by atoms with E-state index < -0.39 is 5.60 Å². The Balaban J connectivity index is 1.96. The van der Waals surface area contributed by atoms with Gasteiger partial charge >= 0.3 is 0 Å². The van der Waals surface area contributed by atoms with Gasteiger partial charge < -0.3 is 9.84 Å². The molecule has 0 aliphatic carbocycles. The Hall–Kier alpha value is -0.840. The van der Waals surface area contributed by atoms with Gasteiger partial charge in [0.2, 0.25) is 0 Å². The minimum absolute atomic E-state index is 0.519. The van der Waals surface area contributed by atoms with Crippen LogP contribution in [-0.2, 0) is 18.4 Å². The van der Waals surface area contributed by atoms with Crippen molar-refractivity contribution < 1.29 is 9.84 Å². The topological polar surface area (TPSA) is 29.5 Å². The maximum Gasteiger partial charge on any atom is 0.126 e. The number of hydrogen-bond donors (Lipinski definition) is 1. The van der Waals surface area contributed by atoms with Crippen molar-refractivity contribution in [3.05, 3.63) is 62.0 Å². The zero-order valence-corrected chi connectivity index (χ0v) is 14.9. The van der Waals surface area contributed by atoms with Crippen LogP contribution >= 0.6 is 31.9 Å². The molecule has 1 N–H and O–H groups in total. The van der Waals surface area contributed by atoms with Crippen molar-refractivity contribution in [3.8, 4) is 5.75 Å². The summed E-state index contributed by atoms with van der Waals surface area (Å²) in [5, 5.41) is 10.9. The fourth-order valence-electron chi connectivity index (χ4n) is 2.77. The number of fused-ring (bicyclic) bond motifs is 1. The molecule has 2 aromatic rings. The number of ether oxygens (including phenoxy) is 1. The van der Waals surface area contributed by atoms with Crippen LogP contribution in [0.15, 0.2) is 45.3 Å². The molecule has 0 saturated carbocycles. The minimum atomic E-state index is -0.940. The molecule has 0 radical (unpaired) electrons. The molecule has 2 nitrogen and oxygen atoms in total. The smallest absolute Gasteiger partial charge is 0.126 e. The third-order valence-corrected chi connectivity index (χ3v) is 4.76. The van der Waals surface area contributed by atoms with Crippen molar-refractivity contribution in [2.24, 2.45) is 0 Å². The SMILES string of the molecule is CC(O)(Cc1cc(Br)cc2c1OCC2)c1cccc(Br)c1. The van der Waals surface area contributed by atoms with Gasteiger partial charge in [-0.05, 0) is 47.9 Å². The van der Waals surface area contributed by atoms with E-state index in [1.54, 1.807) is 0 Å². The molecule has 1 unspecified atom stereocenters. The van der Waals surface area contributed by atoms with E-state index in [4.69, 9.17) is 4.74 Å². The molecule has 3 rings (SSSR count). The summed E-state index contributed by atoms with van der Waals surface area (Å²) >= 11 is 7.00. The van der Waals surface area contributed by atoms with E-state index in [9.17, 15) is 5.11 Å². The van der Waals surface area contributed by atoms with E-state index in [1.807, 2.05) is 37.3 Å². The van der Waals surface area contributed by atoms with Gasteiger partial charge in [-0.3, -0.25) is 0 Å². The highest BCUT2D eigenvalue weighted by atomic mass is 79.9. The van der Waals surface area contributed by atoms with Crippen LogP contribution in [0.2, 0.25) is 0 Å². The largest absolute Gasteiger partial charge is 0.493 e. The molecule has 4 heteroatoms. The summed E-state index contributed by atoms with van der Waals surface area (Å²) in [6.07, 6.45) is 1.45. The molecule has 0 aromatic heterocycles. The van der Waals surface area contributed by atoms with Gasteiger partial charge in [-0.2, -0.15) is 0 Å². The van der Waals surface area contributed by atoms with Crippen molar-refractivity contribution in [1.82, 2.24) is 0 Å². The van der Waals surface area contributed by atoms with Crippen LogP contribution in [0.25, 0.3) is 0 Å². The summed E-state index contributed by atoms with van der Waals surface area (Å²) in [6, 6.07) is 11.9. The lowest BCUT2D eigenvalue weighted by Crippen LogP contribution is -2.24. The molecule has 1 atom stereocenters. The average molecular weight is 412 g/mol. The first kappa shape index (κ1) is 15.1. The highest BCUT2D eigenvalue weighted by Crippen LogP contribution is 2.37. The number of benzene rings is 2. The third kappa shape index (κ3) is 3.17. The Kier molecular flexibility index (Phi) is 4.12. The molecular weight excluding hydrogens is 396 g/mol. The van der Waals surface area contributed by atoms with Crippen molar-refractivity contribution in [3.63, 3.8) is 0 Å². The van der Waals surface area contributed by atoms with E-state index in [0.29, 0.717) is 6.42 Å². The number of aliphatic hydroxyl groups is 1. The van der Waals surface area contributed by atoms with Gasteiger partial charge in [0.25, 0.3) is 0 Å². The molecule has 21 heavy (non-hydrogen) atoms. The van der Waals surface area contributed by atoms with Crippen molar-refractivity contribution in [2.75, 3.05) is 6.61 Å². The van der Waals surface area contributed by atoms with Crippen molar-refractivity contribution in [1.29, 1.82) is 0 Å². The summed E-state index contributed by atoms with van der Waals surface area (Å²) in [7, 11) is 0. The monoisotopic (exact) mass is 410 g/mol. The minimum Gasteiger partial charge on any atom is -0.493 e. The Morgan fingerprint density at radius 2 is 2.00 bits per heavy atom. The second kappa shape index (κ2) is 5.75. The van der Waals surface area contributed by atoms with Crippen molar-refractivity contribution in [2.45, 2.75) is 25.4 Å². The van der Waals surface area contributed by atoms with Crippen LogP contribution in [0.5, 0.6) is 5.75 Å². The zero-order chi connectivity index (χ0) is 15.0. The second-order valence-electron chi connectivity index (χ2n) is 5.61. The molecule has 2 aromatic carbocycles. The molecule has 0 amide bonds. The van der Waals surface area contributed by atoms with Gasteiger partial charge in [-0.1, -0.05) is 44.0 Å². The Morgan fingerprint density at radius 1 is 1.19 bits per heavy atom. The molecule has 0 spiro atoms. The highest BCUT2D eigenvalue weighted by Gasteiger charge is 2.27. The predicted octanol–water partition coefficient (Wildman–Crippen LogP) is 4.60. The van der Waals surface area contributed by atoms with E-state index in [1.165, 1.54) is 5.56 Å². The van der Waals surface area contributed by atoms with Gasteiger partial charge in [0.15, 0.2) is 0 Å². The summed E-state index contributed by atoms with van der Waals surface area (Å²) in [4.78, 5) is 0. The number of rotatable bonds is 3. The standard InChI is InChI=1S/C17H16Br2O2/c1-17(20,13-3-2-4-14(18)9-13)10-12-8-15(19)7-11-5-6-21-16(11)12/h2-4,7-9,20H,5-6,10H2,1H3. The molecular formula is C17H16Br2O2. The van der Waals surface area contributed by atoms with E-state index in [-0.39, 0.29) is 0 Å². The Labute approximate surface area is 141 Å². The summed E-state index contributed by atoms with van der Waals surface area (Å²) < 4.78 is 7.75. The van der Waals surface area contributed by atoms with Gasteiger partial charge in [-0.15, -0.1) is 0 Å². The van der Waals surface area contributed by atoms with Crippen LogP contribution < -0.4 is 4.74 Å². The fourth-order valence-corrected chi connectivity index (χ4v) is 3.73. The van der Waals surface area contributed by atoms with E-state index in [0.717, 1.165) is 38.8 Å². The fraction of sp³-hybridized carbons (Fsp3) is 0.294. The third-order valence-electron chi connectivity index (χ3n) is 3.81. The lowest BCUT2D eigenvalue weighted by atomic mass is 9.88. The summed E-state index contributed by atoms with van der Waals surface area (Å²) in [6.45, 7) is 2.56. The molecule has 1 aliphatic heterocycles. The van der Waals surface area contributed by atoms with E-state index in [2.05, 4.69) is 37.9 Å². The lowest BCUT2D eigenvalue weighted by Gasteiger charge is -2.25. The Bertz CT molecular complexity index is 680. The first-order chi connectivity index (χ1) is 9.95. The average Bonchev–Trinajstić information content (AvgIpc) is 2.86. The normalized spacial score (nSPS) is 16.2. The van der Waals surface area contributed by atoms with Gasteiger partial charge in [0, 0.05) is 21.8 Å². The lowest BCUT2D eigenvalue weighted by molar-refractivity contribution is 0.0569. The van der Waals surface area contributed by atoms with Crippen LogP contribution in [0.1, 0.15) is 23.6 Å². The predicted molar refractivity (Wildman–Crippen MR) is 90.8 cm³/mol. The van der Waals surface area contributed by atoms with Crippen LogP contribution in [0.4, 0.5) is 0 Å². The zero-order valence-electron chi connectivity index (χ0n) is 11.7. The summed E-state index contributed by atoms with van der Waals surface area (Å²) in [5.41, 5.74) is 2.21. The maximum atomic E-state index is 10.9.